The summed E-state index contributed by atoms with van der Waals surface area (Å²) in [6.07, 6.45) is 1.88. The molecule has 0 bridgehead atoms. The first kappa shape index (κ1) is 23.0. The Morgan fingerprint density at radius 1 is 0.944 bits per heavy atom. The summed E-state index contributed by atoms with van der Waals surface area (Å²) in [6.45, 7) is 5.24. The average Bonchev–Trinajstić information content (AvgIpc) is 3.32. The standard InChI is InChI=1S/C27H32N6O3/c1-34-23-6-4-18(14-24(23)35-2)17-3-5-20-21(13-17)30-26-22(15-19-7-8-29-16-36-19)31-27(32-25(20)26)33-11-9-28-10-12-33/h3-6,13-14,19,28-30H,7-12,15-16H2,1-2H3. The minimum Gasteiger partial charge on any atom is -0.493 e. The molecule has 2 aromatic carbocycles. The molecule has 0 radical (unpaired) electrons. The van der Waals surface area contributed by atoms with E-state index in [0.29, 0.717) is 18.2 Å². The maximum Gasteiger partial charge on any atom is 0.226 e. The van der Waals surface area contributed by atoms with Gasteiger partial charge in [-0.15, -0.1) is 0 Å². The zero-order chi connectivity index (χ0) is 24.5. The number of benzene rings is 2. The quantitative estimate of drug-likeness (QED) is 0.381. The molecule has 9 nitrogen and oxygen atoms in total. The van der Waals surface area contributed by atoms with E-state index in [0.717, 1.165) is 90.3 Å². The number of methoxy groups -OCH3 is 2. The number of anilines is 1. The third kappa shape index (κ3) is 4.34. The predicted octanol–water partition coefficient (Wildman–Crippen LogP) is 3.08. The Labute approximate surface area is 210 Å². The predicted molar refractivity (Wildman–Crippen MR) is 141 cm³/mol. The highest BCUT2D eigenvalue weighted by Gasteiger charge is 2.22. The van der Waals surface area contributed by atoms with Crippen molar-refractivity contribution in [2.75, 3.05) is 58.6 Å². The molecule has 3 N–H and O–H groups in total. The number of hydrogen-bond acceptors (Lipinski definition) is 8. The van der Waals surface area contributed by atoms with Crippen LogP contribution in [0.25, 0.3) is 33.1 Å². The van der Waals surface area contributed by atoms with E-state index in [1.165, 1.54) is 0 Å². The van der Waals surface area contributed by atoms with Gasteiger partial charge in [-0.2, -0.15) is 0 Å². The monoisotopic (exact) mass is 488 g/mol. The molecule has 4 aromatic rings. The average molecular weight is 489 g/mol. The van der Waals surface area contributed by atoms with Crippen molar-refractivity contribution in [2.45, 2.75) is 18.9 Å². The van der Waals surface area contributed by atoms with Crippen molar-refractivity contribution >= 4 is 27.9 Å². The van der Waals surface area contributed by atoms with E-state index >= 15 is 0 Å². The summed E-state index contributed by atoms with van der Waals surface area (Å²) >= 11 is 0. The van der Waals surface area contributed by atoms with Crippen LogP contribution < -0.4 is 25.0 Å². The smallest absolute Gasteiger partial charge is 0.226 e. The number of aromatic nitrogens is 3. The second-order valence-electron chi connectivity index (χ2n) is 9.31. The van der Waals surface area contributed by atoms with Gasteiger partial charge in [0.1, 0.15) is 5.52 Å². The molecule has 36 heavy (non-hydrogen) atoms. The van der Waals surface area contributed by atoms with Crippen molar-refractivity contribution in [3.63, 3.8) is 0 Å². The Bertz CT molecular complexity index is 1380. The number of H-pyrrole nitrogens is 1. The van der Waals surface area contributed by atoms with E-state index in [1.807, 2.05) is 18.2 Å². The lowest BCUT2D eigenvalue weighted by atomic mass is 10.0. The first-order valence-corrected chi connectivity index (χ1v) is 12.6. The molecule has 188 valence electrons. The van der Waals surface area contributed by atoms with Crippen LogP contribution in [0.3, 0.4) is 0 Å². The summed E-state index contributed by atoms with van der Waals surface area (Å²) in [5.74, 6) is 2.23. The number of hydrogen-bond donors (Lipinski definition) is 3. The maximum atomic E-state index is 5.98. The number of ether oxygens (including phenoxy) is 3. The van der Waals surface area contributed by atoms with Crippen molar-refractivity contribution in [1.82, 2.24) is 25.6 Å². The highest BCUT2D eigenvalue weighted by Crippen LogP contribution is 2.35. The summed E-state index contributed by atoms with van der Waals surface area (Å²) < 4.78 is 16.9. The van der Waals surface area contributed by atoms with E-state index < -0.39 is 0 Å². The molecule has 1 atom stereocenters. The molecule has 2 aliphatic rings. The molecule has 1 unspecified atom stereocenters. The third-order valence-electron chi connectivity index (χ3n) is 7.11. The fourth-order valence-electron chi connectivity index (χ4n) is 5.13. The lowest BCUT2D eigenvalue weighted by Crippen LogP contribution is -2.44. The zero-order valence-corrected chi connectivity index (χ0v) is 20.8. The van der Waals surface area contributed by atoms with Crippen molar-refractivity contribution in [1.29, 1.82) is 0 Å². The first-order valence-electron chi connectivity index (χ1n) is 12.6. The van der Waals surface area contributed by atoms with Crippen LogP contribution in [0.4, 0.5) is 5.95 Å². The van der Waals surface area contributed by atoms with E-state index in [4.69, 9.17) is 24.2 Å². The number of nitrogens with zero attached hydrogens (tertiary/aromatic N) is 3. The van der Waals surface area contributed by atoms with Crippen LogP contribution in [0.5, 0.6) is 11.5 Å². The number of piperazine rings is 1. The van der Waals surface area contributed by atoms with Crippen LogP contribution in [0, 0.1) is 0 Å². The van der Waals surface area contributed by atoms with Crippen LogP contribution in [-0.4, -0.2) is 74.7 Å². The third-order valence-corrected chi connectivity index (χ3v) is 7.11. The van der Waals surface area contributed by atoms with Crippen molar-refractivity contribution in [2.24, 2.45) is 0 Å². The number of aromatic amines is 1. The van der Waals surface area contributed by atoms with Gasteiger partial charge in [-0.05, 0) is 42.3 Å². The maximum absolute atomic E-state index is 5.98. The van der Waals surface area contributed by atoms with Gasteiger partial charge in [-0.1, -0.05) is 18.2 Å². The van der Waals surface area contributed by atoms with E-state index in [1.54, 1.807) is 14.2 Å². The Morgan fingerprint density at radius 3 is 2.53 bits per heavy atom. The zero-order valence-electron chi connectivity index (χ0n) is 20.8. The lowest BCUT2D eigenvalue weighted by molar-refractivity contribution is 0.00772. The number of rotatable bonds is 6. The number of nitrogens with one attached hydrogen (secondary N) is 3. The van der Waals surface area contributed by atoms with Crippen molar-refractivity contribution in [3.8, 4) is 22.6 Å². The highest BCUT2D eigenvalue weighted by atomic mass is 16.5. The fourth-order valence-corrected chi connectivity index (χ4v) is 5.13. The number of fused-ring (bicyclic) bond motifs is 3. The summed E-state index contributed by atoms with van der Waals surface area (Å²) in [7, 11) is 3.31. The minimum atomic E-state index is 0.147. The highest BCUT2D eigenvalue weighted by molar-refractivity contribution is 6.07. The van der Waals surface area contributed by atoms with E-state index in [-0.39, 0.29) is 6.10 Å². The Hall–Kier alpha value is -3.40. The largest absolute Gasteiger partial charge is 0.493 e. The molecule has 0 aliphatic carbocycles. The van der Waals surface area contributed by atoms with Gasteiger partial charge in [0.15, 0.2) is 11.5 Å². The topological polar surface area (TPSA) is 96.6 Å². The molecule has 2 aliphatic heterocycles. The molecule has 0 spiro atoms. The molecule has 2 saturated heterocycles. The Balaban J connectivity index is 1.44. The second kappa shape index (κ2) is 9.93. The summed E-state index contributed by atoms with van der Waals surface area (Å²) in [4.78, 5) is 16.0. The van der Waals surface area contributed by atoms with E-state index in [9.17, 15) is 0 Å². The summed E-state index contributed by atoms with van der Waals surface area (Å²) in [5.41, 5.74) is 6.17. The van der Waals surface area contributed by atoms with Crippen LogP contribution in [0.1, 0.15) is 12.1 Å². The molecule has 2 aromatic heterocycles. The van der Waals surface area contributed by atoms with Crippen LogP contribution in [0.15, 0.2) is 36.4 Å². The molecule has 6 rings (SSSR count). The Kier molecular flexibility index (Phi) is 6.35. The minimum absolute atomic E-state index is 0.147. The molecule has 4 heterocycles. The van der Waals surface area contributed by atoms with Gasteiger partial charge in [-0.3, -0.25) is 5.32 Å². The normalized spacial score (nSPS) is 18.6. The molecule has 0 saturated carbocycles. The fraction of sp³-hybridized carbons (Fsp3) is 0.407. The van der Waals surface area contributed by atoms with Gasteiger partial charge < -0.3 is 29.4 Å². The first-order chi connectivity index (χ1) is 17.7. The van der Waals surface area contributed by atoms with Gasteiger partial charge in [0.05, 0.1) is 38.3 Å². The molecular formula is C27H32N6O3. The van der Waals surface area contributed by atoms with E-state index in [2.05, 4.69) is 38.7 Å². The molecule has 9 heteroatoms. The molecular weight excluding hydrogens is 456 g/mol. The van der Waals surface area contributed by atoms with Gasteiger partial charge in [0.25, 0.3) is 0 Å². The van der Waals surface area contributed by atoms with Gasteiger partial charge in [0.2, 0.25) is 5.95 Å². The SMILES string of the molecule is COc1ccc(-c2ccc3c(c2)[nH]c2c(CC4CCNCO4)nc(N4CCNCC4)nc23)cc1OC. The van der Waals surface area contributed by atoms with Crippen molar-refractivity contribution in [3.05, 3.63) is 42.1 Å². The second-order valence-corrected chi connectivity index (χ2v) is 9.31. The van der Waals surface area contributed by atoms with Crippen LogP contribution in [-0.2, 0) is 11.2 Å². The van der Waals surface area contributed by atoms with Gasteiger partial charge >= 0.3 is 0 Å². The summed E-state index contributed by atoms with van der Waals surface area (Å²) in [6, 6.07) is 12.5. The Morgan fingerprint density at radius 2 is 1.75 bits per heavy atom. The van der Waals surface area contributed by atoms with Gasteiger partial charge in [0, 0.05) is 43.5 Å². The lowest BCUT2D eigenvalue weighted by Gasteiger charge is -2.28. The summed E-state index contributed by atoms with van der Waals surface area (Å²) in [5, 5.41) is 7.78. The van der Waals surface area contributed by atoms with Crippen molar-refractivity contribution < 1.29 is 14.2 Å². The van der Waals surface area contributed by atoms with Crippen LogP contribution in [0.2, 0.25) is 0 Å². The van der Waals surface area contributed by atoms with Crippen LogP contribution >= 0.6 is 0 Å². The molecule has 2 fully saturated rings. The van der Waals surface area contributed by atoms with Gasteiger partial charge in [-0.25, -0.2) is 9.97 Å². The molecule has 0 amide bonds.